The molecule has 0 aliphatic heterocycles. The monoisotopic (exact) mass is 460 g/mol. The van der Waals surface area contributed by atoms with Crippen molar-refractivity contribution < 1.29 is 4.79 Å². The van der Waals surface area contributed by atoms with Gasteiger partial charge in [0.25, 0.3) is 0 Å². The first-order valence-corrected chi connectivity index (χ1v) is 11.8. The van der Waals surface area contributed by atoms with Gasteiger partial charge < -0.3 is 5.32 Å². The maximum absolute atomic E-state index is 12.9. The fourth-order valence-electron chi connectivity index (χ4n) is 3.44. The number of benzene rings is 2. The molecule has 0 fully saturated rings. The van der Waals surface area contributed by atoms with Crippen LogP contribution in [0.25, 0.3) is 11.4 Å². The molecule has 0 aliphatic rings. The van der Waals surface area contributed by atoms with Crippen LogP contribution < -0.4 is 5.32 Å². The number of para-hydroxylation sites is 2. The number of aryl methyl sites for hydroxylation is 2. The van der Waals surface area contributed by atoms with E-state index in [1.807, 2.05) is 79.1 Å². The van der Waals surface area contributed by atoms with Crippen LogP contribution in [-0.2, 0) is 10.2 Å². The van der Waals surface area contributed by atoms with Gasteiger partial charge in [-0.1, -0.05) is 68.9 Å². The Labute approximate surface area is 198 Å². The van der Waals surface area contributed by atoms with Gasteiger partial charge in [-0.3, -0.25) is 9.36 Å². The molecule has 0 spiro atoms. The van der Waals surface area contributed by atoms with E-state index < -0.39 is 0 Å². The van der Waals surface area contributed by atoms with Crippen molar-refractivity contribution in [2.45, 2.75) is 45.2 Å². The molecule has 0 radical (unpaired) electrons. The molecule has 4 rings (SSSR count). The van der Waals surface area contributed by atoms with Gasteiger partial charge in [-0.05, 0) is 37.6 Å². The van der Waals surface area contributed by atoms with Crippen molar-refractivity contribution in [3.63, 3.8) is 0 Å². The van der Waals surface area contributed by atoms with E-state index in [1.54, 1.807) is 4.68 Å². The van der Waals surface area contributed by atoms with Gasteiger partial charge in [-0.15, -0.1) is 10.2 Å². The predicted molar refractivity (Wildman–Crippen MR) is 132 cm³/mol. The fraction of sp³-hybridized carbons (Fsp3) is 0.280. The average Bonchev–Trinajstić information content (AvgIpc) is 3.37. The van der Waals surface area contributed by atoms with E-state index in [-0.39, 0.29) is 17.1 Å². The number of carbonyl (C=O) groups is 1. The maximum Gasteiger partial charge on any atom is 0.236 e. The quantitative estimate of drug-likeness (QED) is 0.405. The lowest BCUT2D eigenvalue weighted by atomic mass is 9.92. The van der Waals surface area contributed by atoms with E-state index in [4.69, 9.17) is 5.10 Å². The Hall–Kier alpha value is -3.39. The van der Waals surface area contributed by atoms with Gasteiger partial charge in [0.2, 0.25) is 5.91 Å². The zero-order valence-corrected chi connectivity index (χ0v) is 20.3. The lowest BCUT2D eigenvalue weighted by Crippen LogP contribution is -2.17. The summed E-state index contributed by atoms with van der Waals surface area (Å²) >= 11 is 1.36. The van der Waals surface area contributed by atoms with Gasteiger partial charge >= 0.3 is 0 Å². The summed E-state index contributed by atoms with van der Waals surface area (Å²) in [4.78, 5) is 12.9. The third-order valence-corrected chi connectivity index (χ3v) is 6.16. The number of nitrogens with one attached hydrogen (secondary N) is 1. The molecule has 7 nitrogen and oxygen atoms in total. The van der Waals surface area contributed by atoms with E-state index in [0.717, 1.165) is 28.5 Å². The van der Waals surface area contributed by atoms with Crippen LogP contribution in [0.15, 0.2) is 65.8 Å². The van der Waals surface area contributed by atoms with Gasteiger partial charge in [-0.25, -0.2) is 4.68 Å². The molecular weight excluding hydrogens is 432 g/mol. The number of hydrogen-bond acceptors (Lipinski definition) is 5. The summed E-state index contributed by atoms with van der Waals surface area (Å²) in [5.41, 5.74) is 3.79. The highest BCUT2D eigenvalue weighted by atomic mass is 32.2. The highest BCUT2D eigenvalue weighted by Gasteiger charge is 2.22. The molecule has 4 aromatic rings. The summed E-state index contributed by atoms with van der Waals surface area (Å²) in [7, 11) is 0. The Kier molecular flexibility index (Phi) is 6.37. The third kappa shape index (κ3) is 5.01. The number of aromatic nitrogens is 5. The van der Waals surface area contributed by atoms with E-state index >= 15 is 0 Å². The van der Waals surface area contributed by atoms with E-state index in [0.29, 0.717) is 11.0 Å². The van der Waals surface area contributed by atoms with Crippen LogP contribution in [0.4, 0.5) is 5.82 Å². The maximum atomic E-state index is 12.9. The van der Waals surface area contributed by atoms with Crippen LogP contribution >= 0.6 is 11.8 Å². The normalized spacial score (nSPS) is 11.5. The molecule has 8 heteroatoms. The number of anilines is 1. The molecule has 0 saturated heterocycles. The molecule has 170 valence electrons. The van der Waals surface area contributed by atoms with Crippen LogP contribution in [0.1, 0.15) is 37.9 Å². The number of hydrogen-bond donors (Lipinski definition) is 1. The van der Waals surface area contributed by atoms with Gasteiger partial charge in [-0.2, -0.15) is 5.10 Å². The Morgan fingerprint density at radius 3 is 2.39 bits per heavy atom. The summed E-state index contributed by atoms with van der Waals surface area (Å²) in [6.07, 6.45) is 0. The van der Waals surface area contributed by atoms with E-state index in [1.165, 1.54) is 11.8 Å². The lowest BCUT2D eigenvalue weighted by Gasteiger charge is -2.14. The SMILES string of the molecule is Cc1ccccc1-n1c(C)nnc1SCC(=O)Nc1cc(C(C)(C)C)nn1-c1ccccc1. The molecule has 0 saturated carbocycles. The molecule has 0 atom stereocenters. The number of carbonyl (C=O) groups excluding carboxylic acids is 1. The van der Waals surface area contributed by atoms with Gasteiger partial charge in [0.1, 0.15) is 11.6 Å². The summed E-state index contributed by atoms with van der Waals surface area (Å²) in [5.74, 6) is 1.50. The Morgan fingerprint density at radius 2 is 1.70 bits per heavy atom. The minimum atomic E-state index is -0.143. The van der Waals surface area contributed by atoms with Crippen molar-refractivity contribution in [1.29, 1.82) is 0 Å². The Morgan fingerprint density at radius 1 is 1.00 bits per heavy atom. The molecule has 2 heterocycles. The number of thioether (sulfide) groups is 1. The molecule has 1 amide bonds. The number of amides is 1. The standard InChI is InChI=1S/C25H28N6OS/c1-17-11-9-10-14-20(17)30-18(2)27-28-24(30)33-16-23(32)26-22-15-21(25(3,4)5)29-31(22)19-12-7-6-8-13-19/h6-15H,16H2,1-5H3,(H,26,32). The van der Waals surface area contributed by atoms with E-state index in [9.17, 15) is 4.79 Å². The van der Waals surface area contributed by atoms with Crippen molar-refractivity contribution in [2.24, 2.45) is 0 Å². The summed E-state index contributed by atoms with van der Waals surface area (Å²) in [6, 6.07) is 19.8. The first-order valence-electron chi connectivity index (χ1n) is 10.8. The highest BCUT2D eigenvalue weighted by Crippen LogP contribution is 2.27. The second kappa shape index (κ2) is 9.23. The molecular formula is C25H28N6OS. The third-order valence-electron chi connectivity index (χ3n) is 5.23. The van der Waals surface area contributed by atoms with Gasteiger partial charge in [0, 0.05) is 11.5 Å². The first-order chi connectivity index (χ1) is 15.7. The molecule has 2 aromatic heterocycles. The zero-order chi connectivity index (χ0) is 23.6. The second-order valence-corrected chi connectivity index (χ2v) is 9.84. The van der Waals surface area contributed by atoms with Crippen LogP contribution in [0, 0.1) is 13.8 Å². The smallest absolute Gasteiger partial charge is 0.236 e. The zero-order valence-electron chi connectivity index (χ0n) is 19.5. The van der Waals surface area contributed by atoms with Crippen molar-refractivity contribution >= 4 is 23.5 Å². The molecule has 0 bridgehead atoms. The van der Waals surface area contributed by atoms with Crippen LogP contribution in [0.3, 0.4) is 0 Å². The summed E-state index contributed by atoms with van der Waals surface area (Å²) < 4.78 is 3.77. The van der Waals surface area contributed by atoms with Crippen molar-refractivity contribution in [2.75, 3.05) is 11.1 Å². The minimum Gasteiger partial charge on any atom is -0.310 e. The Bertz CT molecular complexity index is 1270. The topological polar surface area (TPSA) is 77.6 Å². The number of rotatable bonds is 6. The fourth-order valence-corrected chi connectivity index (χ4v) is 4.23. The van der Waals surface area contributed by atoms with Crippen LogP contribution in [-0.4, -0.2) is 36.2 Å². The van der Waals surface area contributed by atoms with Gasteiger partial charge in [0.15, 0.2) is 5.16 Å². The molecule has 0 unspecified atom stereocenters. The molecule has 0 aliphatic carbocycles. The highest BCUT2D eigenvalue weighted by molar-refractivity contribution is 7.99. The largest absolute Gasteiger partial charge is 0.310 e. The number of nitrogens with zero attached hydrogens (tertiary/aromatic N) is 5. The lowest BCUT2D eigenvalue weighted by molar-refractivity contribution is -0.113. The first kappa shape index (κ1) is 22.8. The molecule has 33 heavy (non-hydrogen) atoms. The molecule has 2 aromatic carbocycles. The summed E-state index contributed by atoms with van der Waals surface area (Å²) in [6.45, 7) is 10.3. The van der Waals surface area contributed by atoms with Crippen molar-refractivity contribution in [3.05, 3.63) is 77.7 Å². The second-order valence-electron chi connectivity index (χ2n) is 8.90. The summed E-state index contributed by atoms with van der Waals surface area (Å²) in [5, 5.41) is 17.0. The van der Waals surface area contributed by atoms with Crippen LogP contribution in [0.5, 0.6) is 0 Å². The minimum absolute atomic E-state index is 0.130. The van der Waals surface area contributed by atoms with Crippen molar-refractivity contribution in [3.8, 4) is 11.4 Å². The average molecular weight is 461 g/mol. The van der Waals surface area contributed by atoms with Crippen molar-refractivity contribution in [1.82, 2.24) is 24.5 Å². The van der Waals surface area contributed by atoms with Gasteiger partial charge in [0.05, 0.1) is 22.8 Å². The van der Waals surface area contributed by atoms with E-state index in [2.05, 4.69) is 36.3 Å². The molecule has 1 N–H and O–H groups in total. The predicted octanol–water partition coefficient (Wildman–Crippen LogP) is 5.10. The van der Waals surface area contributed by atoms with Crippen LogP contribution in [0.2, 0.25) is 0 Å². The Balaban J connectivity index is 1.54.